The zero-order chi connectivity index (χ0) is 15.8. The molecule has 0 aliphatic heterocycles. The van der Waals surface area contributed by atoms with E-state index in [0.717, 1.165) is 22.3 Å². The lowest BCUT2D eigenvalue weighted by Crippen LogP contribution is -2.02. The first-order valence-corrected chi connectivity index (χ1v) is 7.02. The highest BCUT2D eigenvalue weighted by molar-refractivity contribution is 5.81. The Morgan fingerprint density at radius 3 is 2.48 bits per heavy atom. The molecule has 4 aromatic rings. The standard InChI is InChI=1S/C17H12FN5/c18-13-5-3-11(4-6-13)15-10-22-23-16(19)14(9-21-17(15)23)12-2-1-7-20-8-12/h1-10H,19H2. The van der Waals surface area contributed by atoms with Crippen LogP contribution in [0.25, 0.3) is 27.9 Å². The first kappa shape index (κ1) is 13.4. The van der Waals surface area contributed by atoms with Crippen LogP contribution in [-0.2, 0) is 0 Å². The molecule has 0 spiro atoms. The smallest absolute Gasteiger partial charge is 0.165 e. The van der Waals surface area contributed by atoms with Crippen LogP contribution in [-0.4, -0.2) is 19.6 Å². The number of nitrogens with zero attached hydrogens (tertiary/aromatic N) is 4. The largest absolute Gasteiger partial charge is 0.383 e. The molecular weight excluding hydrogens is 293 g/mol. The Hall–Kier alpha value is -3.28. The van der Waals surface area contributed by atoms with Gasteiger partial charge in [-0.1, -0.05) is 18.2 Å². The van der Waals surface area contributed by atoms with Crippen molar-refractivity contribution in [3.8, 4) is 22.3 Å². The first-order valence-electron chi connectivity index (χ1n) is 7.02. The third-order valence-electron chi connectivity index (χ3n) is 3.69. The number of halogens is 1. The van der Waals surface area contributed by atoms with Gasteiger partial charge in [-0.2, -0.15) is 9.61 Å². The van der Waals surface area contributed by atoms with Crippen molar-refractivity contribution in [2.24, 2.45) is 0 Å². The second-order valence-electron chi connectivity index (χ2n) is 5.10. The van der Waals surface area contributed by atoms with Gasteiger partial charge in [0.15, 0.2) is 5.65 Å². The van der Waals surface area contributed by atoms with E-state index in [1.54, 1.807) is 41.4 Å². The third-order valence-corrected chi connectivity index (χ3v) is 3.69. The van der Waals surface area contributed by atoms with Gasteiger partial charge >= 0.3 is 0 Å². The van der Waals surface area contributed by atoms with E-state index >= 15 is 0 Å². The van der Waals surface area contributed by atoms with Crippen LogP contribution in [0.5, 0.6) is 0 Å². The van der Waals surface area contributed by atoms with Gasteiger partial charge in [0.25, 0.3) is 0 Å². The van der Waals surface area contributed by atoms with E-state index < -0.39 is 0 Å². The van der Waals surface area contributed by atoms with Crippen molar-refractivity contribution in [1.29, 1.82) is 0 Å². The molecule has 0 aliphatic rings. The predicted octanol–water partition coefficient (Wildman–Crippen LogP) is 3.18. The Morgan fingerprint density at radius 1 is 0.913 bits per heavy atom. The lowest BCUT2D eigenvalue weighted by molar-refractivity contribution is 0.628. The normalized spacial score (nSPS) is 11.0. The van der Waals surface area contributed by atoms with E-state index in [1.165, 1.54) is 12.1 Å². The second-order valence-corrected chi connectivity index (χ2v) is 5.10. The van der Waals surface area contributed by atoms with Gasteiger partial charge in [0.2, 0.25) is 0 Å². The number of aromatic nitrogens is 4. The molecule has 23 heavy (non-hydrogen) atoms. The van der Waals surface area contributed by atoms with E-state index in [2.05, 4.69) is 15.1 Å². The summed E-state index contributed by atoms with van der Waals surface area (Å²) in [6, 6.07) is 9.96. The zero-order valence-electron chi connectivity index (χ0n) is 12.0. The van der Waals surface area contributed by atoms with Crippen molar-refractivity contribution < 1.29 is 4.39 Å². The van der Waals surface area contributed by atoms with Crippen molar-refractivity contribution in [3.05, 3.63) is 67.0 Å². The maximum atomic E-state index is 13.1. The molecule has 6 heteroatoms. The molecule has 0 unspecified atom stereocenters. The van der Waals surface area contributed by atoms with Gasteiger partial charge in [0.05, 0.1) is 6.20 Å². The highest BCUT2D eigenvalue weighted by atomic mass is 19.1. The number of nitrogen functional groups attached to an aromatic ring is 1. The van der Waals surface area contributed by atoms with Gasteiger partial charge in [-0.25, -0.2) is 9.37 Å². The summed E-state index contributed by atoms with van der Waals surface area (Å²) in [5, 5.41) is 4.32. The van der Waals surface area contributed by atoms with E-state index in [-0.39, 0.29) is 5.82 Å². The summed E-state index contributed by atoms with van der Waals surface area (Å²) in [5.41, 5.74) is 10.1. The number of pyridine rings is 1. The summed E-state index contributed by atoms with van der Waals surface area (Å²) in [4.78, 5) is 8.57. The molecule has 0 saturated heterocycles. The molecule has 112 valence electrons. The highest BCUT2D eigenvalue weighted by Crippen LogP contribution is 2.29. The number of hydrogen-bond acceptors (Lipinski definition) is 4. The minimum atomic E-state index is -0.281. The molecule has 0 radical (unpaired) electrons. The molecule has 5 nitrogen and oxygen atoms in total. The average Bonchev–Trinajstić information content (AvgIpc) is 3.02. The molecule has 1 aromatic carbocycles. The molecule has 0 aliphatic carbocycles. The molecule has 2 N–H and O–H groups in total. The molecule has 3 heterocycles. The number of benzene rings is 1. The van der Waals surface area contributed by atoms with Gasteiger partial charge in [-0.3, -0.25) is 4.98 Å². The topological polar surface area (TPSA) is 69.1 Å². The Balaban J connectivity index is 1.89. The number of nitrogens with two attached hydrogens (primary N) is 1. The highest BCUT2D eigenvalue weighted by Gasteiger charge is 2.13. The maximum Gasteiger partial charge on any atom is 0.165 e. The van der Waals surface area contributed by atoms with Gasteiger partial charge in [-0.15, -0.1) is 0 Å². The lowest BCUT2D eigenvalue weighted by Gasteiger charge is -2.07. The van der Waals surface area contributed by atoms with Crippen LogP contribution in [0.4, 0.5) is 10.2 Å². The summed E-state index contributed by atoms with van der Waals surface area (Å²) in [6.07, 6.45) is 6.81. The van der Waals surface area contributed by atoms with Gasteiger partial charge in [-0.05, 0) is 23.8 Å². The van der Waals surface area contributed by atoms with E-state index in [1.807, 2.05) is 12.1 Å². The van der Waals surface area contributed by atoms with Gasteiger partial charge < -0.3 is 5.73 Å². The molecule has 0 bridgehead atoms. The van der Waals surface area contributed by atoms with E-state index in [0.29, 0.717) is 11.5 Å². The maximum absolute atomic E-state index is 13.1. The van der Waals surface area contributed by atoms with Crippen LogP contribution in [0.1, 0.15) is 0 Å². The van der Waals surface area contributed by atoms with Crippen LogP contribution in [0.2, 0.25) is 0 Å². The van der Waals surface area contributed by atoms with Crippen molar-refractivity contribution in [3.63, 3.8) is 0 Å². The molecule has 0 fully saturated rings. The minimum Gasteiger partial charge on any atom is -0.383 e. The second kappa shape index (κ2) is 5.17. The van der Waals surface area contributed by atoms with Gasteiger partial charge in [0, 0.05) is 35.3 Å². The molecule has 0 saturated carbocycles. The van der Waals surface area contributed by atoms with Crippen LogP contribution in [0.3, 0.4) is 0 Å². The number of hydrogen-bond donors (Lipinski definition) is 1. The van der Waals surface area contributed by atoms with Crippen molar-refractivity contribution in [2.75, 3.05) is 5.73 Å². The zero-order valence-corrected chi connectivity index (χ0v) is 12.0. The predicted molar refractivity (Wildman–Crippen MR) is 86.0 cm³/mol. The van der Waals surface area contributed by atoms with Crippen molar-refractivity contribution >= 4 is 11.5 Å². The Kier molecular flexibility index (Phi) is 3.01. The van der Waals surface area contributed by atoms with E-state index in [9.17, 15) is 4.39 Å². The van der Waals surface area contributed by atoms with Crippen molar-refractivity contribution in [1.82, 2.24) is 19.6 Å². The molecular formula is C17H12FN5. The molecule has 0 atom stereocenters. The van der Waals surface area contributed by atoms with Crippen molar-refractivity contribution in [2.45, 2.75) is 0 Å². The van der Waals surface area contributed by atoms with Crippen LogP contribution >= 0.6 is 0 Å². The van der Waals surface area contributed by atoms with E-state index in [4.69, 9.17) is 5.73 Å². The Morgan fingerprint density at radius 2 is 1.74 bits per heavy atom. The van der Waals surface area contributed by atoms with Crippen LogP contribution in [0, 0.1) is 5.82 Å². The number of fused-ring (bicyclic) bond motifs is 1. The van der Waals surface area contributed by atoms with Crippen LogP contribution in [0.15, 0.2) is 61.2 Å². The summed E-state index contributed by atoms with van der Waals surface area (Å²) in [6.45, 7) is 0. The lowest BCUT2D eigenvalue weighted by atomic mass is 10.1. The molecule has 0 amide bonds. The fourth-order valence-electron chi connectivity index (χ4n) is 2.53. The molecule has 4 rings (SSSR count). The average molecular weight is 305 g/mol. The van der Waals surface area contributed by atoms with Crippen LogP contribution < -0.4 is 5.73 Å². The first-order chi connectivity index (χ1) is 11.2. The quantitative estimate of drug-likeness (QED) is 0.617. The fraction of sp³-hybridized carbons (Fsp3) is 0. The monoisotopic (exact) mass is 305 g/mol. The van der Waals surface area contributed by atoms with Gasteiger partial charge in [0.1, 0.15) is 11.6 Å². The Bertz CT molecular complexity index is 977. The summed E-state index contributed by atoms with van der Waals surface area (Å²) < 4.78 is 14.7. The third kappa shape index (κ3) is 2.20. The number of anilines is 1. The summed E-state index contributed by atoms with van der Waals surface area (Å²) >= 11 is 0. The SMILES string of the molecule is Nc1c(-c2cccnc2)cnc2c(-c3ccc(F)cc3)cnn12. The Labute approximate surface area is 131 Å². The summed E-state index contributed by atoms with van der Waals surface area (Å²) in [5.74, 6) is 0.202. The molecule has 3 aromatic heterocycles. The fourth-order valence-corrected chi connectivity index (χ4v) is 2.53. The summed E-state index contributed by atoms with van der Waals surface area (Å²) in [7, 11) is 0. The minimum absolute atomic E-state index is 0.281. The number of rotatable bonds is 2.